The average molecular weight is 539 g/mol. The normalized spacial score (nSPS) is 11.5. The third-order valence-corrected chi connectivity index (χ3v) is 7.22. The van der Waals surface area contributed by atoms with Crippen molar-refractivity contribution >= 4 is 35.2 Å². The maximum Gasteiger partial charge on any atom is 0.243 e. The van der Waals surface area contributed by atoms with Crippen LogP contribution < -0.4 is 10.1 Å². The number of amides is 2. The molecule has 2 amide bonds. The Bertz CT molecular complexity index is 1130. The summed E-state index contributed by atoms with van der Waals surface area (Å²) in [5, 5.41) is 3.65. The largest absolute Gasteiger partial charge is 0.497 e. The van der Waals surface area contributed by atoms with E-state index < -0.39 is 6.04 Å². The summed E-state index contributed by atoms with van der Waals surface area (Å²) < 4.78 is 5.23. The molecule has 3 aromatic carbocycles. The predicted molar refractivity (Wildman–Crippen MR) is 153 cm³/mol. The first-order valence-corrected chi connectivity index (χ1v) is 14.1. The molecule has 0 saturated carbocycles. The van der Waals surface area contributed by atoms with Gasteiger partial charge in [-0.25, -0.2) is 0 Å². The van der Waals surface area contributed by atoms with Crippen LogP contribution in [0, 0.1) is 0 Å². The Morgan fingerprint density at radius 3 is 2.38 bits per heavy atom. The van der Waals surface area contributed by atoms with Crippen LogP contribution >= 0.6 is 23.4 Å². The van der Waals surface area contributed by atoms with Crippen LogP contribution in [0.4, 0.5) is 0 Å². The van der Waals surface area contributed by atoms with Gasteiger partial charge in [-0.3, -0.25) is 9.59 Å². The van der Waals surface area contributed by atoms with E-state index in [1.165, 1.54) is 11.8 Å². The minimum absolute atomic E-state index is 0.0786. The van der Waals surface area contributed by atoms with Gasteiger partial charge in [0.25, 0.3) is 0 Å². The van der Waals surface area contributed by atoms with Gasteiger partial charge in [-0.1, -0.05) is 79.5 Å². The van der Waals surface area contributed by atoms with Crippen molar-refractivity contribution in [1.29, 1.82) is 0 Å². The van der Waals surface area contributed by atoms with E-state index in [4.69, 9.17) is 16.3 Å². The van der Waals surface area contributed by atoms with E-state index in [0.29, 0.717) is 30.3 Å². The molecule has 0 aliphatic rings. The first-order valence-electron chi connectivity index (χ1n) is 12.6. The van der Waals surface area contributed by atoms with Gasteiger partial charge in [-0.2, -0.15) is 0 Å². The van der Waals surface area contributed by atoms with E-state index in [9.17, 15) is 9.59 Å². The Morgan fingerprint density at radius 2 is 1.70 bits per heavy atom. The molecule has 0 aliphatic carbocycles. The molecule has 3 aromatic rings. The van der Waals surface area contributed by atoms with Gasteiger partial charge in [0, 0.05) is 30.3 Å². The fourth-order valence-electron chi connectivity index (χ4n) is 3.95. The van der Waals surface area contributed by atoms with E-state index in [1.54, 1.807) is 18.1 Å². The van der Waals surface area contributed by atoms with Crippen LogP contribution in [0.5, 0.6) is 5.75 Å². The van der Waals surface area contributed by atoms with E-state index in [-0.39, 0.29) is 17.6 Å². The number of benzene rings is 3. The van der Waals surface area contributed by atoms with Crippen molar-refractivity contribution in [2.75, 3.05) is 19.4 Å². The van der Waals surface area contributed by atoms with Crippen LogP contribution in [0.15, 0.2) is 78.9 Å². The molecule has 0 unspecified atom stereocenters. The van der Waals surface area contributed by atoms with Gasteiger partial charge in [0.15, 0.2) is 0 Å². The predicted octanol–water partition coefficient (Wildman–Crippen LogP) is 6.14. The number of rotatable bonds is 14. The number of methoxy groups -OCH3 is 1. The molecule has 7 heteroatoms. The van der Waals surface area contributed by atoms with E-state index in [0.717, 1.165) is 35.3 Å². The van der Waals surface area contributed by atoms with Crippen molar-refractivity contribution in [3.05, 3.63) is 101 Å². The SMILES string of the molecule is CCCCNC(=O)[C@@H](Cc1ccccc1)N(Cc1cccc(Cl)c1)C(=O)CSCc1ccc(OC)cc1. The summed E-state index contributed by atoms with van der Waals surface area (Å²) in [4.78, 5) is 28.8. The fraction of sp³-hybridized carbons (Fsp3) is 0.333. The highest BCUT2D eigenvalue weighted by Gasteiger charge is 2.30. The van der Waals surface area contributed by atoms with Crippen LogP contribution in [-0.4, -0.2) is 42.2 Å². The molecular weight excluding hydrogens is 504 g/mol. The van der Waals surface area contributed by atoms with Crippen molar-refractivity contribution in [2.24, 2.45) is 0 Å². The Balaban J connectivity index is 1.81. The van der Waals surface area contributed by atoms with Crippen molar-refractivity contribution < 1.29 is 14.3 Å². The first-order chi connectivity index (χ1) is 18.0. The number of nitrogens with zero attached hydrogens (tertiary/aromatic N) is 1. The highest BCUT2D eigenvalue weighted by atomic mass is 35.5. The molecule has 1 N–H and O–H groups in total. The number of nitrogens with one attached hydrogen (secondary N) is 1. The van der Waals surface area contributed by atoms with E-state index in [1.807, 2.05) is 72.8 Å². The third-order valence-electron chi connectivity index (χ3n) is 6.00. The number of halogens is 1. The van der Waals surface area contributed by atoms with Crippen molar-refractivity contribution in [1.82, 2.24) is 10.2 Å². The standard InChI is InChI=1S/C30H35ClN2O3S/c1-3-4-17-32-30(35)28(19-23-9-6-5-7-10-23)33(20-25-11-8-12-26(31)18-25)29(34)22-37-21-24-13-15-27(36-2)16-14-24/h5-16,18,28H,3-4,17,19-22H2,1-2H3,(H,32,35)/t28-/m1/s1. The lowest BCUT2D eigenvalue weighted by Crippen LogP contribution is -2.51. The molecular formula is C30H35ClN2O3S. The molecule has 0 saturated heterocycles. The molecule has 3 rings (SSSR count). The lowest BCUT2D eigenvalue weighted by Gasteiger charge is -2.31. The molecule has 5 nitrogen and oxygen atoms in total. The smallest absolute Gasteiger partial charge is 0.243 e. The topological polar surface area (TPSA) is 58.6 Å². The van der Waals surface area contributed by atoms with Crippen LogP contribution in [0.2, 0.25) is 5.02 Å². The lowest BCUT2D eigenvalue weighted by molar-refractivity contribution is -0.139. The summed E-state index contributed by atoms with van der Waals surface area (Å²) in [6.45, 7) is 2.98. The molecule has 37 heavy (non-hydrogen) atoms. The van der Waals surface area contributed by atoms with Crippen molar-refractivity contribution in [2.45, 2.75) is 44.5 Å². The zero-order valence-corrected chi connectivity index (χ0v) is 23.1. The molecule has 0 spiro atoms. The molecule has 0 bridgehead atoms. The fourth-order valence-corrected chi connectivity index (χ4v) is 5.04. The molecule has 1 atom stereocenters. The van der Waals surface area contributed by atoms with Gasteiger partial charge in [-0.05, 0) is 47.4 Å². The van der Waals surface area contributed by atoms with Gasteiger partial charge >= 0.3 is 0 Å². The van der Waals surface area contributed by atoms with Crippen LogP contribution in [0.1, 0.15) is 36.5 Å². The second-order valence-corrected chi connectivity index (χ2v) is 10.3. The second-order valence-electron chi connectivity index (χ2n) is 8.84. The molecule has 0 fully saturated rings. The highest BCUT2D eigenvalue weighted by molar-refractivity contribution is 7.99. The number of unbranched alkanes of at least 4 members (excludes halogenated alkanes) is 1. The monoisotopic (exact) mass is 538 g/mol. The molecule has 0 heterocycles. The summed E-state index contributed by atoms with van der Waals surface area (Å²) in [6.07, 6.45) is 2.31. The first kappa shape index (κ1) is 28.6. The molecule has 196 valence electrons. The molecule has 0 aromatic heterocycles. The number of thioether (sulfide) groups is 1. The summed E-state index contributed by atoms with van der Waals surface area (Å²) in [5.74, 6) is 1.54. The van der Waals surface area contributed by atoms with E-state index >= 15 is 0 Å². The Hall–Kier alpha value is -2.96. The van der Waals surface area contributed by atoms with Crippen molar-refractivity contribution in [3.8, 4) is 5.75 Å². The summed E-state index contributed by atoms with van der Waals surface area (Å²) in [6, 6.07) is 24.5. The summed E-state index contributed by atoms with van der Waals surface area (Å²) in [7, 11) is 1.64. The van der Waals surface area contributed by atoms with Gasteiger partial charge in [0.2, 0.25) is 11.8 Å². The maximum atomic E-state index is 13.7. The van der Waals surface area contributed by atoms with Gasteiger partial charge in [-0.15, -0.1) is 11.8 Å². The Morgan fingerprint density at radius 1 is 0.973 bits per heavy atom. The minimum atomic E-state index is -0.632. The zero-order chi connectivity index (χ0) is 26.5. The van der Waals surface area contributed by atoms with Gasteiger partial charge in [0.05, 0.1) is 12.9 Å². The third kappa shape index (κ3) is 9.45. The number of hydrogen-bond acceptors (Lipinski definition) is 4. The Kier molecular flexibility index (Phi) is 11.9. The van der Waals surface area contributed by atoms with E-state index in [2.05, 4.69) is 12.2 Å². The molecule has 0 aliphatic heterocycles. The van der Waals surface area contributed by atoms with Crippen LogP contribution in [0.3, 0.4) is 0 Å². The number of ether oxygens (including phenoxy) is 1. The van der Waals surface area contributed by atoms with Crippen molar-refractivity contribution in [3.63, 3.8) is 0 Å². The summed E-state index contributed by atoms with van der Waals surface area (Å²) in [5.41, 5.74) is 3.01. The van der Waals surface area contributed by atoms with Gasteiger partial charge in [0.1, 0.15) is 11.8 Å². The zero-order valence-electron chi connectivity index (χ0n) is 21.5. The van der Waals surface area contributed by atoms with Gasteiger partial charge < -0.3 is 15.0 Å². The number of hydrogen-bond donors (Lipinski definition) is 1. The molecule has 0 radical (unpaired) electrons. The number of carbonyl (C=O) groups excluding carboxylic acids is 2. The maximum absolute atomic E-state index is 13.7. The highest BCUT2D eigenvalue weighted by Crippen LogP contribution is 2.21. The Labute approximate surface area is 229 Å². The quantitative estimate of drug-likeness (QED) is 0.250. The number of carbonyl (C=O) groups is 2. The summed E-state index contributed by atoms with van der Waals surface area (Å²) >= 11 is 7.78. The average Bonchev–Trinajstić information content (AvgIpc) is 2.91. The minimum Gasteiger partial charge on any atom is -0.497 e. The van der Waals surface area contributed by atoms with Crippen LogP contribution in [0.25, 0.3) is 0 Å². The van der Waals surface area contributed by atoms with Crippen LogP contribution in [-0.2, 0) is 28.3 Å². The lowest BCUT2D eigenvalue weighted by atomic mass is 10.0. The second kappa shape index (κ2) is 15.3.